The van der Waals surface area contributed by atoms with Crippen LogP contribution in [0.15, 0.2) is 30.3 Å². The molecular formula is C18H23N3O3S. The zero-order chi connectivity index (χ0) is 18.2. The van der Waals surface area contributed by atoms with Crippen LogP contribution in [0.25, 0.3) is 0 Å². The number of carbonyl (C=O) groups is 1. The third kappa shape index (κ3) is 3.92. The molecule has 0 bridgehead atoms. The van der Waals surface area contributed by atoms with Crippen LogP contribution in [-0.2, 0) is 9.84 Å². The van der Waals surface area contributed by atoms with Gasteiger partial charge < -0.3 is 5.32 Å². The third-order valence-corrected chi connectivity index (χ3v) is 6.29. The van der Waals surface area contributed by atoms with E-state index in [1.807, 2.05) is 31.2 Å². The zero-order valence-electron chi connectivity index (χ0n) is 14.7. The summed E-state index contributed by atoms with van der Waals surface area (Å²) in [6, 6.07) is 9.25. The van der Waals surface area contributed by atoms with E-state index in [1.54, 1.807) is 10.7 Å². The van der Waals surface area contributed by atoms with Gasteiger partial charge in [-0.1, -0.05) is 26.0 Å². The summed E-state index contributed by atoms with van der Waals surface area (Å²) in [5.74, 6) is 0.416. The third-order valence-electron chi connectivity index (χ3n) is 4.54. The SMILES string of the molecule is Cc1cc(C(=O)Nc2ccc(C(C)C)cc2)nn1C1CCS(=O)(=O)C1. The van der Waals surface area contributed by atoms with Crippen LogP contribution in [0.4, 0.5) is 5.69 Å². The molecule has 0 radical (unpaired) electrons. The monoisotopic (exact) mass is 361 g/mol. The van der Waals surface area contributed by atoms with Crippen molar-refractivity contribution in [3.63, 3.8) is 0 Å². The van der Waals surface area contributed by atoms with Gasteiger partial charge in [0.05, 0.1) is 17.5 Å². The summed E-state index contributed by atoms with van der Waals surface area (Å²) >= 11 is 0. The highest BCUT2D eigenvalue weighted by Crippen LogP contribution is 2.25. The van der Waals surface area contributed by atoms with Gasteiger partial charge in [-0.2, -0.15) is 5.10 Å². The molecule has 1 amide bonds. The molecule has 1 aliphatic rings. The van der Waals surface area contributed by atoms with Crippen molar-refractivity contribution in [1.29, 1.82) is 0 Å². The predicted molar refractivity (Wildman–Crippen MR) is 97.8 cm³/mol. The Morgan fingerprint density at radius 1 is 1.28 bits per heavy atom. The summed E-state index contributed by atoms with van der Waals surface area (Å²) in [6.45, 7) is 6.07. The fraction of sp³-hybridized carbons (Fsp3) is 0.444. The summed E-state index contributed by atoms with van der Waals surface area (Å²) in [5, 5.41) is 7.18. The van der Waals surface area contributed by atoms with E-state index >= 15 is 0 Å². The van der Waals surface area contributed by atoms with Gasteiger partial charge in [-0.3, -0.25) is 9.48 Å². The van der Waals surface area contributed by atoms with Crippen molar-refractivity contribution >= 4 is 21.4 Å². The first kappa shape index (κ1) is 17.7. The first-order valence-corrected chi connectivity index (χ1v) is 10.3. The van der Waals surface area contributed by atoms with E-state index < -0.39 is 9.84 Å². The van der Waals surface area contributed by atoms with Crippen molar-refractivity contribution in [2.45, 2.75) is 39.2 Å². The van der Waals surface area contributed by atoms with E-state index in [0.29, 0.717) is 23.7 Å². The molecule has 1 fully saturated rings. The second-order valence-corrected chi connectivity index (χ2v) is 9.13. The number of nitrogens with one attached hydrogen (secondary N) is 1. The highest BCUT2D eigenvalue weighted by Gasteiger charge is 2.31. The topological polar surface area (TPSA) is 81.1 Å². The minimum Gasteiger partial charge on any atom is -0.321 e. The summed E-state index contributed by atoms with van der Waals surface area (Å²) in [5.41, 5.74) is 3.02. The van der Waals surface area contributed by atoms with Crippen LogP contribution < -0.4 is 5.32 Å². The Morgan fingerprint density at radius 3 is 2.52 bits per heavy atom. The Bertz CT molecular complexity index is 883. The second kappa shape index (κ2) is 6.63. The number of nitrogens with zero attached hydrogens (tertiary/aromatic N) is 2. The molecule has 2 heterocycles. The molecule has 7 heteroatoms. The van der Waals surface area contributed by atoms with Gasteiger partial charge in [0.25, 0.3) is 5.91 Å². The van der Waals surface area contributed by atoms with Gasteiger partial charge in [0.15, 0.2) is 15.5 Å². The van der Waals surface area contributed by atoms with Crippen molar-refractivity contribution in [3.05, 3.63) is 47.3 Å². The Labute approximate surface area is 148 Å². The zero-order valence-corrected chi connectivity index (χ0v) is 15.5. The van der Waals surface area contributed by atoms with Crippen LogP contribution in [0, 0.1) is 6.92 Å². The van der Waals surface area contributed by atoms with E-state index in [0.717, 1.165) is 5.69 Å². The lowest BCUT2D eigenvalue weighted by atomic mass is 10.0. The number of sulfone groups is 1. The molecule has 0 saturated carbocycles. The summed E-state index contributed by atoms with van der Waals surface area (Å²) in [4.78, 5) is 12.4. The van der Waals surface area contributed by atoms with Crippen LogP contribution in [-0.4, -0.2) is 35.6 Å². The molecule has 1 saturated heterocycles. The van der Waals surface area contributed by atoms with E-state index in [2.05, 4.69) is 24.3 Å². The summed E-state index contributed by atoms with van der Waals surface area (Å²) < 4.78 is 25.0. The molecule has 1 aromatic carbocycles. The largest absolute Gasteiger partial charge is 0.321 e. The van der Waals surface area contributed by atoms with E-state index in [1.165, 1.54) is 5.56 Å². The molecular weight excluding hydrogens is 338 g/mol. The first-order valence-electron chi connectivity index (χ1n) is 8.43. The number of aryl methyl sites for hydroxylation is 1. The van der Waals surface area contributed by atoms with Crippen LogP contribution in [0.3, 0.4) is 0 Å². The highest BCUT2D eigenvalue weighted by atomic mass is 32.2. The highest BCUT2D eigenvalue weighted by molar-refractivity contribution is 7.91. The number of benzene rings is 1. The van der Waals surface area contributed by atoms with E-state index in [9.17, 15) is 13.2 Å². The van der Waals surface area contributed by atoms with Crippen LogP contribution in [0.2, 0.25) is 0 Å². The van der Waals surface area contributed by atoms with Gasteiger partial charge in [0, 0.05) is 11.4 Å². The lowest BCUT2D eigenvalue weighted by Gasteiger charge is -2.10. The smallest absolute Gasteiger partial charge is 0.276 e. The molecule has 25 heavy (non-hydrogen) atoms. The maximum Gasteiger partial charge on any atom is 0.276 e. The van der Waals surface area contributed by atoms with Crippen molar-refractivity contribution in [2.24, 2.45) is 0 Å². The molecule has 0 aliphatic carbocycles. The van der Waals surface area contributed by atoms with Crippen molar-refractivity contribution in [2.75, 3.05) is 16.8 Å². The van der Waals surface area contributed by atoms with E-state index in [-0.39, 0.29) is 23.5 Å². The first-order chi connectivity index (χ1) is 11.7. The Balaban J connectivity index is 1.74. The Hall–Kier alpha value is -2.15. The molecule has 1 N–H and O–H groups in total. The van der Waals surface area contributed by atoms with Crippen LogP contribution in [0.5, 0.6) is 0 Å². The standard InChI is InChI=1S/C18H23N3O3S/c1-12(2)14-4-6-15(7-5-14)19-18(22)17-10-13(3)21(20-17)16-8-9-25(23,24)11-16/h4-7,10,12,16H,8-9,11H2,1-3H3,(H,19,22). The average Bonchev–Trinajstić information content (AvgIpc) is 3.10. The van der Waals surface area contributed by atoms with Gasteiger partial charge >= 0.3 is 0 Å². The summed E-state index contributed by atoms with van der Waals surface area (Å²) in [6.07, 6.45) is 0.544. The van der Waals surface area contributed by atoms with Crippen LogP contribution >= 0.6 is 0 Å². The van der Waals surface area contributed by atoms with Crippen molar-refractivity contribution in [3.8, 4) is 0 Å². The minimum atomic E-state index is -2.99. The lowest BCUT2D eigenvalue weighted by Crippen LogP contribution is -2.16. The number of hydrogen-bond donors (Lipinski definition) is 1. The molecule has 1 aliphatic heterocycles. The van der Waals surface area contributed by atoms with Gasteiger partial charge in [-0.05, 0) is 43.0 Å². The molecule has 2 aromatic rings. The van der Waals surface area contributed by atoms with Gasteiger partial charge in [-0.25, -0.2) is 8.42 Å². The normalized spacial score (nSPS) is 19.3. The quantitative estimate of drug-likeness (QED) is 0.908. The second-order valence-electron chi connectivity index (χ2n) is 6.90. The number of aromatic nitrogens is 2. The van der Waals surface area contributed by atoms with Gasteiger partial charge in [-0.15, -0.1) is 0 Å². The fourth-order valence-corrected chi connectivity index (χ4v) is 4.78. The van der Waals surface area contributed by atoms with Crippen LogP contribution in [0.1, 0.15) is 54.0 Å². The molecule has 0 spiro atoms. The van der Waals surface area contributed by atoms with Crippen molar-refractivity contribution in [1.82, 2.24) is 9.78 Å². The average molecular weight is 361 g/mol. The van der Waals surface area contributed by atoms with Gasteiger partial charge in [0.1, 0.15) is 0 Å². The number of rotatable bonds is 4. The number of hydrogen-bond acceptors (Lipinski definition) is 4. The lowest BCUT2D eigenvalue weighted by molar-refractivity contribution is 0.102. The number of amides is 1. The predicted octanol–water partition coefficient (Wildman–Crippen LogP) is 2.93. The molecule has 6 nitrogen and oxygen atoms in total. The minimum absolute atomic E-state index is 0.0905. The number of carbonyl (C=O) groups excluding carboxylic acids is 1. The molecule has 1 unspecified atom stereocenters. The molecule has 3 rings (SSSR count). The fourth-order valence-electron chi connectivity index (χ4n) is 3.08. The Morgan fingerprint density at radius 2 is 1.96 bits per heavy atom. The maximum absolute atomic E-state index is 12.4. The van der Waals surface area contributed by atoms with Gasteiger partial charge in [0.2, 0.25) is 0 Å². The van der Waals surface area contributed by atoms with Crippen molar-refractivity contribution < 1.29 is 13.2 Å². The van der Waals surface area contributed by atoms with E-state index in [4.69, 9.17) is 0 Å². The number of anilines is 1. The maximum atomic E-state index is 12.4. The Kier molecular flexibility index (Phi) is 4.69. The summed E-state index contributed by atoms with van der Waals surface area (Å²) in [7, 11) is -2.99. The molecule has 134 valence electrons. The molecule has 1 aromatic heterocycles. The molecule has 1 atom stereocenters.